The largest absolute Gasteiger partial charge is 0.483 e. The third-order valence-corrected chi connectivity index (χ3v) is 1.96. The maximum atomic E-state index is 5.73. The minimum Gasteiger partial charge on any atom is -0.483 e. The van der Waals surface area contributed by atoms with Gasteiger partial charge in [0.15, 0.2) is 0 Å². The standard InChI is InChI=1S/C11H12O.2ClH/c1-11(2)8-7-9-5-3-4-6-10(9)12-11;;/h3-8H,1-2H3;2*1H. The van der Waals surface area contributed by atoms with Gasteiger partial charge in [0.1, 0.15) is 11.4 Å². The van der Waals surface area contributed by atoms with Crippen LogP contribution in [-0.2, 0) is 0 Å². The first kappa shape index (κ1) is 13.3. The van der Waals surface area contributed by atoms with Gasteiger partial charge in [0.05, 0.1) is 0 Å². The molecular weight excluding hydrogens is 219 g/mol. The Morgan fingerprint density at radius 1 is 1.07 bits per heavy atom. The molecule has 0 aromatic heterocycles. The Balaban J connectivity index is 0.000000845. The number of benzene rings is 1. The van der Waals surface area contributed by atoms with E-state index in [2.05, 4.69) is 32.1 Å². The molecule has 0 amide bonds. The molecule has 1 aromatic rings. The zero-order valence-corrected chi connectivity index (χ0v) is 9.82. The van der Waals surface area contributed by atoms with Crippen molar-refractivity contribution in [3.8, 4) is 5.75 Å². The molecule has 0 bridgehead atoms. The molecule has 0 saturated carbocycles. The maximum Gasteiger partial charge on any atom is 0.127 e. The smallest absolute Gasteiger partial charge is 0.127 e. The highest BCUT2D eigenvalue weighted by Crippen LogP contribution is 2.29. The Bertz CT molecular complexity index is 332. The van der Waals surface area contributed by atoms with Gasteiger partial charge in [-0.3, -0.25) is 0 Å². The Hall–Kier alpha value is -0.660. The van der Waals surface area contributed by atoms with Crippen LogP contribution in [0.25, 0.3) is 6.08 Å². The quantitative estimate of drug-likeness (QED) is 0.663. The van der Waals surface area contributed by atoms with E-state index in [0.29, 0.717) is 0 Å². The van der Waals surface area contributed by atoms with Crippen molar-refractivity contribution in [1.29, 1.82) is 0 Å². The van der Waals surface area contributed by atoms with Crippen LogP contribution in [0.2, 0.25) is 0 Å². The molecule has 0 aliphatic carbocycles. The van der Waals surface area contributed by atoms with E-state index in [1.54, 1.807) is 0 Å². The summed E-state index contributed by atoms with van der Waals surface area (Å²) in [5.74, 6) is 0.977. The fraction of sp³-hybridized carbons (Fsp3) is 0.273. The molecule has 0 N–H and O–H groups in total. The molecule has 2 rings (SSSR count). The molecule has 0 radical (unpaired) electrons. The molecule has 3 heteroatoms. The second-order valence-corrected chi connectivity index (χ2v) is 3.58. The van der Waals surface area contributed by atoms with Gasteiger partial charge in [0, 0.05) is 5.56 Å². The van der Waals surface area contributed by atoms with Crippen LogP contribution in [0, 0.1) is 0 Å². The van der Waals surface area contributed by atoms with Gasteiger partial charge in [-0.2, -0.15) is 0 Å². The van der Waals surface area contributed by atoms with Gasteiger partial charge in [-0.25, -0.2) is 0 Å². The normalized spacial score (nSPS) is 15.6. The van der Waals surface area contributed by atoms with Crippen LogP contribution < -0.4 is 4.74 Å². The lowest BCUT2D eigenvalue weighted by molar-refractivity contribution is 0.159. The summed E-state index contributed by atoms with van der Waals surface area (Å²) < 4.78 is 5.73. The minimum absolute atomic E-state index is 0. The summed E-state index contributed by atoms with van der Waals surface area (Å²) in [7, 11) is 0. The molecule has 0 spiro atoms. The van der Waals surface area contributed by atoms with Gasteiger partial charge in [-0.1, -0.05) is 24.3 Å². The van der Waals surface area contributed by atoms with Crippen molar-refractivity contribution >= 4 is 30.9 Å². The van der Waals surface area contributed by atoms with E-state index in [0.717, 1.165) is 11.3 Å². The van der Waals surface area contributed by atoms with Gasteiger partial charge < -0.3 is 4.74 Å². The van der Waals surface area contributed by atoms with Crippen LogP contribution in [0.4, 0.5) is 0 Å². The fourth-order valence-electron chi connectivity index (χ4n) is 1.32. The van der Waals surface area contributed by atoms with E-state index in [4.69, 9.17) is 4.74 Å². The Labute approximate surface area is 97.0 Å². The molecule has 1 aliphatic rings. The predicted molar refractivity (Wildman–Crippen MR) is 64.7 cm³/mol. The van der Waals surface area contributed by atoms with Crippen LogP contribution >= 0.6 is 24.8 Å². The third kappa shape index (κ3) is 2.66. The molecular formula is C11H14Cl2O. The number of halogens is 2. The number of hydrogen-bond donors (Lipinski definition) is 0. The molecule has 1 aliphatic heterocycles. The van der Waals surface area contributed by atoms with Crippen LogP contribution in [0.5, 0.6) is 5.75 Å². The molecule has 1 aromatic carbocycles. The van der Waals surface area contributed by atoms with Gasteiger partial charge >= 0.3 is 0 Å². The summed E-state index contributed by atoms with van der Waals surface area (Å²) in [6, 6.07) is 8.07. The molecule has 1 heterocycles. The van der Waals surface area contributed by atoms with Crippen molar-refractivity contribution in [1.82, 2.24) is 0 Å². The topological polar surface area (TPSA) is 9.23 Å². The first-order valence-electron chi connectivity index (χ1n) is 4.15. The highest BCUT2D eigenvalue weighted by Gasteiger charge is 2.20. The highest BCUT2D eigenvalue weighted by atomic mass is 35.5. The first-order chi connectivity index (χ1) is 5.67. The number of ether oxygens (including phenoxy) is 1. The van der Waals surface area contributed by atoms with Crippen molar-refractivity contribution < 1.29 is 4.74 Å². The first-order valence-corrected chi connectivity index (χ1v) is 4.15. The predicted octanol–water partition coefficient (Wildman–Crippen LogP) is 3.71. The Morgan fingerprint density at radius 2 is 1.71 bits per heavy atom. The summed E-state index contributed by atoms with van der Waals surface area (Å²) in [6.07, 6.45) is 4.19. The van der Waals surface area contributed by atoms with Crippen molar-refractivity contribution in [3.63, 3.8) is 0 Å². The van der Waals surface area contributed by atoms with Crippen LogP contribution in [0.3, 0.4) is 0 Å². The van der Waals surface area contributed by atoms with E-state index in [1.165, 1.54) is 0 Å². The lowest BCUT2D eigenvalue weighted by Crippen LogP contribution is -2.27. The van der Waals surface area contributed by atoms with Crippen molar-refractivity contribution in [2.75, 3.05) is 0 Å². The number of para-hydroxylation sites is 1. The van der Waals surface area contributed by atoms with Crippen LogP contribution in [0.1, 0.15) is 19.4 Å². The van der Waals surface area contributed by atoms with Gasteiger partial charge in [-0.15, -0.1) is 24.8 Å². The monoisotopic (exact) mass is 232 g/mol. The molecule has 1 nitrogen and oxygen atoms in total. The average molecular weight is 233 g/mol. The molecule has 0 fully saturated rings. The van der Waals surface area contributed by atoms with E-state index in [-0.39, 0.29) is 30.4 Å². The van der Waals surface area contributed by atoms with Crippen molar-refractivity contribution in [2.24, 2.45) is 0 Å². The Morgan fingerprint density at radius 3 is 2.43 bits per heavy atom. The zero-order chi connectivity index (χ0) is 8.60. The second-order valence-electron chi connectivity index (χ2n) is 3.58. The molecule has 0 atom stereocenters. The summed E-state index contributed by atoms with van der Waals surface area (Å²) in [5.41, 5.74) is 1.01. The van der Waals surface area contributed by atoms with E-state index >= 15 is 0 Å². The minimum atomic E-state index is -0.158. The highest BCUT2D eigenvalue weighted by molar-refractivity contribution is 5.85. The number of rotatable bonds is 0. The second kappa shape index (κ2) is 4.72. The maximum absolute atomic E-state index is 5.73. The number of fused-ring (bicyclic) bond motifs is 1. The Kier molecular flexibility index (Phi) is 4.50. The van der Waals surface area contributed by atoms with E-state index < -0.39 is 0 Å². The van der Waals surface area contributed by atoms with Crippen molar-refractivity contribution in [3.05, 3.63) is 35.9 Å². The number of hydrogen-bond acceptors (Lipinski definition) is 1. The SMILES string of the molecule is CC1(C)C=Cc2ccccc2O1.Cl.Cl. The van der Waals surface area contributed by atoms with E-state index in [1.807, 2.05) is 18.2 Å². The molecule has 14 heavy (non-hydrogen) atoms. The van der Waals surface area contributed by atoms with E-state index in [9.17, 15) is 0 Å². The molecule has 0 saturated heterocycles. The fourth-order valence-corrected chi connectivity index (χ4v) is 1.32. The zero-order valence-electron chi connectivity index (χ0n) is 8.19. The summed E-state index contributed by atoms with van der Waals surface area (Å²) in [5, 5.41) is 0. The van der Waals surface area contributed by atoms with Crippen molar-refractivity contribution in [2.45, 2.75) is 19.4 Å². The van der Waals surface area contributed by atoms with Gasteiger partial charge in [-0.05, 0) is 26.0 Å². The van der Waals surface area contributed by atoms with Gasteiger partial charge in [0.2, 0.25) is 0 Å². The molecule has 0 unspecified atom stereocenters. The van der Waals surface area contributed by atoms with Crippen LogP contribution in [0.15, 0.2) is 30.3 Å². The lowest BCUT2D eigenvalue weighted by Gasteiger charge is -2.27. The molecule has 78 valence electrons. The lowest BCUT2D eigenvalue weighted by atomic mass is 10.0. The summed E-state index contributed by atoms with van der Waals surface area (Å²) >= 11 is 0. The average Bonchev–Trinajstić information content (AvgIpc) is 2.02. The van der Waals surface area contributed by atoms with Gasteiger partial charge in [0.25, 0.3) is 0 Å². The third-order valence-electron chi connectivity index (χ3n) is 1.96. The summed E-state index contributed by atoms with van der Waals surface area (Å²) in [6.45, 7) is 4.11. The summed E-state index contributed by atoms with van der Waals surface area (Å²) in [4.78, 5) is 0. The van der Waals surface area contributed by atoms with Crippen LogP contribution in [-0.4, -0.2) is 5.60 Å².